The number of hydrogen-bond donors (Lipinski definition) is 1. The second kappa shape index (κ2) is 6.44. The summed E-state index contributed by atoms with van der Waals surface area (Å²) in [6, 6.07) is 8.94. The van der Waals surface area contributed by atoms with E-state index in [1.54, 1.807) is 0 Å². The van der Waals surface area contributed by atoms with Crippen molar-refractivity contribution >= 4 is 21.9 Å². The van der Waals surface area contributed by atoms with Crippen LogP contribution in [0.5, 0.6) is 0 Å². The van der Waals surface area contributed by atoms with Gasteiger partial charge in [0.15, 0.2) is 0 Å². The standard InChI is InChI=1S/C16H20BrN3/c17-15-9-5-4-6-13(15)12-20-11-10-18-16(20)19-14-7-2-1-3-8-14/h4-6,9-11,14H,1-3,7-8,12H2,(H,18,19). The van der Waals surface area contributed by atoms with Gasteiger partial charge in [0.1, 0.15) is 0 Å². The number of hydrogen-bond acceptors (Lipinski definition) is 2. The molecule has 1 aliphatic rings. The number of aromatic nitrogens is 2. The summed E-state index contributed by atoms with van der Waals surface area (Å²) in [5, 5.41) is 3.61. The van der Waals surface area contributed by atoms with Crippen LogP contribution in [0, 0.1) is 0 Å². The third-order valence-corrected chi connectivity index (χ3v) is 4.73. The fraction of sp³-hybridized carbons (Fsp3) is 0.438. The van der Waals surface area contributed by atoms with E-state index in [-0.39, 0.29) is 0 Å². The monoisotopic (exact) mass is 333 g/mol. The van der Waals surface area contributed by atoms with Gasteiger partial charge in [0.05, 0.1) is 6.54 Å². The van der Waals surface area contributed by atoms with E-state index in [1.807, 2.05) is 18.5 Å². The Bertz CT molecular complexity index is 558. The van der Waals surface area contributed by atoms with E-state index < -0.39 is 0 Å². The summed E-state index contributed by atoms with van der Waals surface area (Å²) in [4.78, 5) is 4.47. The second-order valence-electron chi connectivity index (χ2n) is 5.45. The molecule has 0 aliphatic heterocycles. The lowest BCUT2D eigenvalue weighted by Crippen LogP contribution is -2.24. The van der Waals surface area contributed by atoms with Crippen LogP contribution < -0.4 is 5.32 Å². The molecule has 20 heavy (non-hydrogen) atoms. The van der Waals surface area contributed by atoms with E-state index in [0.717, 1.165) is 17.0 Å². The minimum atomic E-state index is 0.587. The van der Waals surface area contributed by atoms with Gasteiger partial charge in [-0.25, -0.2) is 4.98 Å². The summed E-state index contributed by atoms with van der Waals surface area (Å²) >= 11 is 3.61. The van der Waals surface area contributed by atoms with Gasteiger partial charge in [-0.2, -0.15) is 0 Å². The van der Waals surface area contributed by atoms with Crippen LogP contribution in [0.1, 0.15) is 37.7 Å². The molecule has 0 amide bonds. The maximum Gasteiger partial charge on any atom is 0.203 e. The summed E-state index contributed by atoms with van der Waals surface area (Å²) in [5.74, 6) is 0.993. The Labute approximate surface area is 128 Å². The molecule has 4 heteroatoms. The number of benzene rings is 1. The Morgan fingerprint density at radius 3 is 2.80 bits per heavy atom. The Morgan fingerprint density at radius 1 is 1.20 bits per heavy atom. The average Bonchev–Trinajstić information content (AvgIpc) is 2.90. The third kappa shape index (κ3) is 3.23. The number of halogens is 1. The lowest BCUT2D eigenvalue weighted by molar-refractivity contribution is 0.459. The molecule has 1 fully saturated rings. The molecule has 0 radical (unpaired) electrons. The minimum Gasteiger partial charge on any atom is -0.353 e. The highest BCUT2D eigenvalue weighted by molar-refractivity contribution is 9.10. The quantitative estimate of drug-likeness (QED) is 0.896. The van der Waals surface area contributed by atoms with E-state index in [1.165, 1.54) is 37.7 Å². The second-order valence-corrected chi connectivity index (χ2v) is 6.30. The van der Waals surface area contributed by atoms with E-state index in [0.29, 0.717) is 6.04 Å². The van der Waals surface area contributed by atoms with Crippen LogP contribution in [0.3, 0.4) is 0 Å². The smallest absolute Gasteiger partial charge is 0.203 e. The molecule has 0 saturated heterocycles. The van der Waals surface area contributed by atoms with Gasteiger partial charge in [0.25, 0.3) is 0 Å². The number of nitrogens with zero attached hydrogens (tertiary/aromatic N) is 2. The van der Waals surface area contributed by atoms with E-state index >= 15 is 0 Å². The zero-order valence-corrected chi connectivity index (χ0v) is 13.1. The molecule has 2 aromatic rings. The van der Waals surface area contributed by atoms with Crippen molar-refractivity contribution in [1.82, 2.24) is 9.55 Å². The van der Waals surface area contributed by atoms with Gasteiger partial charge in [-0.15, -0.1) is 0 Å². The van der Waals surface area contributed by atoms with Crippen molar-refractivity contribution in [3.05, 3.63) is 46.7 Å². The Kier molecular flexibility index (Phi) is 4.41. The zero-order chi connectivity index (χ0) is 13.8. The summed E-state index contributed by atoms with van der Waals surface area (Å²) < 4.78 is 3.34. The molecule has 1 saturated carbocycles. The van der Waals surface area contributed by atoms with E-state index in [4.69, 9.17) is 0 Å². The summed E-state index contributed by atoms with van der Waals surface area (Å²) in [6.07, 6.45) is 10.5. The topological polar surface area (TPSA) is 29.9 Å². The van der Waals surface area contributed by atoms with Crippen molar-refractivity contribution in [1.29, 1.82) is 0 Å². The number of rotatable bonds is 4. The van der Waals surface area contributed by atoms with Crippen molar-refractivity contribution in [2.45, 2.75) is 44.7 Å². The Morgan fingerprint density at radius 2 is 2.00 bits per heavy atom. The number of nitrogens with one attached hydrogen (secondary N) is 1. The molecule has 0 spiro atoms. The third-order valence-electron chi connectivity index (χ3n) is 3.95. The van der Waals surface area contributed by atoms with Crippen LogP contribution in [0.4, 0.5) is 5.95 Å². The van der Waals surface area contributed by atoms with Gasteiger partial charge in [-0.05, 0) is 24.5 Å². The zero-order valence-electron chi connectivity index (χ0n) is 11.6. The normalized spacial score (nSPS) is 16.2. The van der Waals surface area contributed by atoms with Crippen molar-refractivity contribution in [2.75, 3.05) is 5.32 Å². The lowest BCUT2D eigenvalue weighted by Gasteiger charge is -2.23. The summed E-state index contributed by atoms with van der Waals surface area (Å²) in [7, 11) is 0. The van der Waals surface area contributed by atoms with Gasteiger partial charge in [0.2, 0.25) is 5.95 Å². The fourth-order valence-electron chi connectivity index (χ4n) is 2.82. The SMILES string of the molecule is Brc1ccccc1Cn1ccnc1NC1CCCCC1. The molecule has 0 bridgehead atoms. The molecule has 106 valence electrons. The highest BCUT2D eigenvalue weighted by Gasteiger charge is 2.15. The maximum absolute atomic E-state index is 4.47. The first-order valence-electron chi connectivity index (χ1n) is 7.34. The largest absolute Gasteiger partial charge is 0.353 e. The maximum atomic E-state index is 4.47. The predicted molar refractivity (Wildman–Crippen MR) is 86.0 cm³/mol. The van der Waals surface area contributed by atoms with Crippen LogP contribution in [0.2, 0.25) is 0 Å². The van der Waals surface area contributed by atoms with Gasteiger partial charge < -0.3 is 9.88 Å². The van der Waals surface area contributed by atoms with Crippen molar-refractivity contribution in [3.63, 3.8) is 0 Å². The van der Waals surface area contributed by atoms with Crippen LogP contribution in [0.25, 0.3) is 0 Å². The van der Waals surface area contributed by atoms with E-state index in [9.17, 15) is 0 Å². The molecule has 1 aliphatic carbocycles. The number of anilines is 1. The van der Waals surface area contributed by atoms with Crippen molar-refractivity contribution in [3.8, 4) is 0 Å². The summed E-state index contributed by atoms with van der Waals surface area (Å²) in [6.45, 7) is 0.844. The van der Waals surface area contributed by atoms with Crippen LogP contribution >= 0.6 is 15.9 Å². The van der Waals surface area contributed by atoms with Gasteiger partial charge in [0, 0.05) is 22.9 Å². The molecule has 1 N–H and O–H groups in total. The average molecular weight is 334 g/mol. The number of imidazole rings is 1. The Hall–Kier alpha value is -1.29. The van der Waals surface area contributed by atoms with Crippen molar-refractivity contribution < 1.29 is 0 Å². The first kappa shape index (κ1) is 13.7. The Balaban J connectivity index is 1.71. The van der Waals surface area contributed by atoms with Gasteiger partial charge in [-0.3, -0.25) is 0 Å². The van der Waals surface area contributed by atoms with Crippen LogP contribution in [-0.4, -0.2) is 15.6 Å². The first-order chi connectivity index (χ1) is 9.83. The highest BCUT2D eigenvalue weighted by atomic mass is 79.9. The summed E-state index contributed by atoms with van der Waals surface area (Å²) in [5.41, 5.74) is 1.28. The molecule has 0 unspecified atom stereocenters. The van der Waals surface area contributed by atoms with Crippen LogP contribution in [-0.2, 0) is 6.54 Å². The van der Waals surface area contributed by atoms with Crippen LogP contribution in [0.15, 0.2) is 41.1 Å². The first-order valence-corrected chi connectivity index (χ1v) is 8.13. The highest BCUT2D eigenvalue weighted by Crippen LogP contribution is 2.22. The van der Waals surface area contributed by atoms with Crippen molar-refractivity contribution in [2.24, 2.45) is 0 Å². The molecule has 0 atom stereocenters. The predicted octanol–water partition coefficient (Wildman–Crippen LogP) is 4.44. The molecule has 3 rings (SSSR count). The fourth-order valence-corrected chi connectivity index (χ4v) is 3.23. The van der Waals surface area contributed by atoms with E-state index in [2.05, 4.69) is 49.0 Å². The molecule has 1 heterocycles. The van der Waals surface area contributed by atoms with Gasteiger partial charge >= 0.3 is 0 Å². The lowest BCUT2D eigenvalue weighted by atomic mass is 9.96. The molecule has 1 aromatic carbocycles. The molecular weight excluding hydrogens is 314 g/mol. The van der Waals surface area contributed by atoms with Gasteiger partial charge in [-0.1, -0.05) is 53.4 Å². The molecule has 3 nitrogen and oxygen atoms in total. The minimum absolute atomic E-state index is 0.587. The molecular formula is C16H20BrN3. The molecule has 1 aromatic heterocycles.